The summed E-state index contributed by atoms with van der Waals surface area (Å²) in [7, 11) is 0. The normalized spacial score (nSPS) is 13.8. The van der Waals surface area contributed by atoms with Gasteiger partial charge in [-0.2, -0.15) is 0 Å². The molecule has 2 atom stereocenters. The number of carbonyl (C=O) groups is 3. The van der Waals surface area contributed by atoms with E-state index in [1.54, 1.807) is 0 Å². The molecule has 0 saturated carbocycles. The number of halogens is 1. The zero-order valence-electron chi connectivity index (χ0n) is 18.7. The number of carbonyl (C=O) groups excluding carboxylic acids is 2. The number of ether oxygens (including phenoxy) is 1. The molecule has 2 unspecified atom stereocenters. The van der Waals surface area contributed by atoms with Gasteiger partial charge < -0.3 is 20.3 Å². The minimum absolute atomic E-state index is 0.0706. The summed E-state index contributed by atoms with van der Waals surface area (Å²) in [6.45, 7) is 1.43. The molecule has 0 spiro atoms. The Labute approximate surface area is 210 Å². The van der Waals surface area contributed by atoms with Crippen molar-refractivity contribution in [3.63, 3.8) is 0 Å². The molecule has 3 aromatic rings. The van der Waals surface area contributed by atoms with E-state index in [1.807, 2.05) is 36.4 Å². The number of hydrogen-bond donors (Lipinski definition) is 4. The monoisotopic (exact) mass is 538 g/mol. The molecule has 0 fully saturated rings. The molecule has 180 valence electrons. The summed E-state index contributed by atoms with van der Waals surface area (Å²) < 4.78 is 5.94. The minimum atomic E-state index is -1.44. The highest BCUT2D eigenvalue weighted by atomic mass is 79.9. The van der Waals surface area contributed by atoms with Gasteiger partial charge in [-0.05, 0) is 63.3 Å². The summed E-state index contributed by atoms with van der Waals surface area (Å²) in [6, 6.07) is 19.0. The molecule has 0 saturated heterocycles. The second-order valence-electron chi connectivity index (χ2n) is 8.18. The van der Waals surface area contributed by atoms with Crippen LogP contribution in [0.4, 0.5) is 10.5 Å². The zero-order chi connectivity index (χ0) is 25.1. The Morgan fingerprint density at radius 2 is 1.60 bits per heavy atom. The summed E-state index contributed by atoms with van der Waals surface area (Å²) in [4.78, 5) is 36.1. The highest BCUT2D eigenvalue weighted by molar-refractivity contribution is 9.10. The number of amides is 2. The maximum atomic E-state index is 12.5. The van der Waals surface area contributed by atoms with Gasteiger partial charge in [0.15, 0.2) is 6.04 Å². The number of anilines is 1. The molecule has 35 heavy (non-hydrogen) atoms. The number of benzene rings is 3. The van der Waals surface area contributed by atoms with Crippen LogP contribution in [-0.2, 0) is 9.53 Å². The van der Waals surface area contributed by atoms with Gasteiger partial charge in [0.1, 0.15) is 6.61 Å². The fourth-order valence-corrected chi connectivity index (χ4v) is 4.59. The number of carboxylic acid groups (broad SMARTS) is 1. The first kappa shape index (κ1) is 24.4. The smallest absolute Gasteiger partial charge is 0.411 e. The highest BCUT2D eigenvalue weighted by Gasteiger charge is 2.29. The average Bonchev–Trinajstić information content (AvgIpc) is 3.15. The molecule has 1 aliphatic rings. The Morgan fingerprint density at radius 1 is 1.00 bits per heavy atom. The van der Waals surface area contributed by atoms with Gasteiger partial charge in [-0.3, -0.25) is 10.1 Å². The molecule has 1 aliphatic carbocycles. The van der Waals surface area contributed by atoms with Gasteiger partial charge in [0.05, 0.1) is 11.8 Å². The van der Waals surface area contributed by atoms with E-state index in [0.717, 1.165) is 22.3 Å². The number of aliphatic carboxylic acids is 1. The van der Waals surface area contributed by atoms with Crippen LogP contribution in [0.15, 0.2) is 71.2 Å². The summed E-state index contributed by atoms with van der Waals surface area (Å²) in [5.74, 6) is -2.09. The predicted octanol–water partition coefficient (Wildman–Crippen LogP) is 4.37. The van der Waals surface area contributed by atoms with Crippen molar-refractivity contribution >= 4 is 39.6 Å². The molecule has 8 nitrogen and oxygen atoms in total. The van der Waals surface area contributed by atoms with Gasteiger partial charge in [-0.1, -0.05) is 48.5 Å². The van der Waals surface area contributed by atoms with Crippen LogP contribution in [0.25, 0.3) is 11.1 Å². The van der Waals surface area contributed by atoms with Crippen LogP contribution in [0.5, 0.6) is 0 Å². The molecule has 0 aromatic heterocycles. The molecule has 0 aliphatic heterocycles. The molecule has 4 N–H and O–H groups in total. The van der Waals surface area contributed by atoms with Gasteiger partial charge in [0, 0.05) is 16.0 Å². The number of hydrogen-bond acceptors (Lipinski definition) is 5. The zero-order valence-corrected chi connectivity index (χ0v) is 20.3. The van der Waals surface area contributed by atoms with Crippen LogP contribution >= 0.6 is 15.9 Å². The third-order valence-corrected chi connectivity index (χ3v) is 6.50. The van der Waals surface area contributed by atoms with Crippen LogP contribution in [0.2, 0.25) is 0 Å². The van der Waals surface area contributed by atoms with E-state index in [4.69, 9.17) is 9.84 Å². The van der Waals surface area contributed by atoms with Gasteiger partial charge in [-0.15, -0.1) is 0 Å². The number of aliphatic hydroxyl groups is 1. The van der Waals surface area contributed by atoms with Crippen molar-refractivity contribution in [3.05, 3.63) is 87.9 Å². The first-order valence-electron chi connectivity index (χ1n) is 10.9. The molecule has 0 radical (unpaired) electrons. The third-order valence-electron chi connectivity index (χ3n) is 5.85. The molecule has 0 heterocycles. The Balaban J connectivity index is 1.40. The minimum Gasteiger partial charge on any atom is -0.480 e. The summed E-state index contributed by atoms with van der Waals surface area (Å²) in [5.41, 5.74) is 5.01. The van der Waals surface area contributed by atoms with E-state index >= 15 is 0 Å². The molecular formula is C26H23BrN2O6. The summed E-state index contributed by atoms with van der Waals surface area (Å²) in [6.07, 6.45) is -1.92. The van der Waals surface area contributed by atoms with Crippen LogP contribution in [-0.4, -0.2) is 46.9 Å². The first-order valence-corrected chi connectivity index (χ1v) is 11.7. The molecule has 3 aromatic carbocycles. The van der Waals surface area contributed by atoms with Crippen molar-refractivity contribution < 1.29 is 29.3 Å². The van der Waals surface area contributed by atoms with Gasteiger partial charge in [-0.25, -0.2) is 9.59 Å². The van der Waals surface area contributed by atoms with Crippen molar-refractivity contribution in [2.45, 2.75) is 25.0 Å². The van der Waals surface area contributed by atoms with Crippen LogP contribution < -0.4 is 10.6 Å². The van der Waals surface area contributed by atoms with Crippen molar-refractivity contribution in [2.24, 2.45) is 0 Å². The molecular weight excluding hydrogens is 516 g/mol. The van der Waals surface area contributed by atoms with Crippen molar-refractivity contribution in [2.75, 3.05) is 11.9 Å². The third kappa shape index (κ3) is 5.21. The maximum absolute atomic E-state index is 12.5. The lowest BCUT2D eigenvalue weighted by Gasteiger charge is -2.17. The standard InChI is InChI=1S/C26H23BrN2O6/c1-14(30)23(25(32)33)29-24(31)15-10-11-22(21(27)12-15)28-26(34)35-13-20-18-8-4-2-6-16(18)17-7-3-5-9-19(17)20/h2-12,14,20,23,30H,13H2,1H3,(H,28,34)(H,29,31)(H,32,33). The van der Waals surface area contributed by atoms with Gasteiger partial charge >= 0.3 is 12.1 Å². The fraction of sp³-hybridized carbons (Fsp3) is 0.192. The second-order valence-corrected chi connectivity index (χ2v) is 9.03. The van der Waals surface area contributed by atoms with Crippen LogP contribution in [0, 0.1) is 0 Å². The Kier molecular flexibility index (Phi) is 7.18. The van der Waals surface area contributed by atoms with Gasteiger partial charge in [0.25, 0.3) is 5.91 Å². The van der Waals surface area contributed by atoms with E-state index in [-0.39, 0.29) is 18.1 Å². The molecule has 4 rings (SSSR count). The highest BCUT2D eigenvalue weighted by Crippen LogP contribution is 2.44. The molecule has 2 amide bonds. The lowest BCUT2D eigenvalue weighted by atomic mass is 9.98. The SMILES string of the molecule is CC(O)C(NC(=O)c1ccc(NC(=O)OCC2c3ccccc3-c3ccccc32)c(Br)c1)C(=O)O. The summed E-state index contributed by atoms with van der Waals surface area (Å²) >= 11 is 3.31. The van der Waals surface area contributed by atoms with E-state index in [1.165, 1.54) is 25.1 Å². The van der Waals surface area contributed by atoms with Crippen molar-refractivity contribution in [3.8, 4) is 11.1 Å². The Morgan fingerprint density at radius 3 is 2.14 bits per heavy atom. The maximum Gasteiger partial charge on any atom is 0.411 e. The fourth-order valence-electron chi connectivity index (χ4n) is 4.12. The number of aliphatic hydroxyl groups excluding tert-OH is 1. The molecule has 9 heteroatoms. The lowest BCUT2D eigenvalue weighted by molar-refractivity contribution is -0.141. The average molecular weight is 539 g/mol. The number of fused-ring (bicyclic) bond motifs is 3. The lowest BCUT2D eigenvalue weighted by Crippen LogP contribution is -2.47. The van der Waals surface area contributed by atoms with Crippen LogP contribution in [0.1, 0.15) is 34.3 Å². The number of nitrogens with one attached hydrogen (secondary N) is 2. The van der Waals surface area contributed by atoms with E-state index in [9.17, 15) is 19.5 Å². The second kappa shape index (κ2) is 10.3. The Hall–Kier alpha value is -3.69. The quantitative estimate of drug-likeness (QED) is 0.354. The predicted molar refractivity (Wildman–Crippen MR) is 133 cm³/mol. The number of rotatable bonds is 7. The largest absolute Gasteiger partial charge is 0.480 e. The first-order chi connectivity index (χ1) is 16.8. The molecule has 0 bridgehead atoms. The van der Waals surface area contributed by atoms with Crippen LogP contribution in [0.3, 0.4) is 0 Å². The Bertz CT molecular complexity index is 1250. The van der Waals surface area contributed by atoms with Crippen molar-refractivity contribution in [1.82, 2.24) is 5.32 Å². The topological polar surface area (TPSA) is 125 Å². The van der Waals surface area contributed by atoms with E-state index in [2.05, 4.69) is 38.7 Å². The van der Waals surface area contributed by atoms with E-state index < -0.39 is 30.1 Å². The van der Waals surface area contributed by atoms with Crippen molar-refractivity contribution in [1.29, 1.82) is 0 Å². The number of carboxylic acids is 1. The summed E-state index contributed by atoms with van der Waals surface area (Å²) in [5, 5.41) is 23.6. The van der Waals surface area contributed by atoms with E-state index in [0.29, 0.717) is 10.2 Å². The van der Waals surface area contributed by atoms with Gasteiger partial charge in [0.2, 0.25) is 0 Å².